The Labute approximate surface area is 118 Å². The lowest BCUT2D eigenvalue weighted by Crippen LogP contribution is -2.05. The number of nitrogens with one attached hydrogen (secondary N) is 1. The Morgan fingerprint density at radius 1 is 1.17 bits per heavy atom. The molecule has 0 saturated carbocycles. The quantitative estimate of drug-likeness (QED) is 0.817. The molecule has 2 nitrogen and oxygen atoms in total. The molecule has 0 unspecified atom stereocenters. The van der Waals surface area contributed by atoms with E-state index in [-0.39, 0.29) is 10.7 Å². The molecule has 0 bridgehead atoms. The number of hydrogen-bond acceptors (Lipinski definition) is 2. The second-order valence-corrected chi connectivity index (χ2v) is 5.13. The number of rotatable bonds is 3. The van der Waals surface area contributed by atoms with E-state index in [4.69, 9.17) is 17.3 Å². The summed E-state index contributed by atoms with van der Waals surface area (Å²) in [5.41, 5.74) is 7.32. The van der Waals surface area contributed by atoms with Gasteiger partial charge in [0.15, 0.2) is 5.82 Å². The number of nitrogen functional groups attached to an aromatic ring is 1. The molecule has 0 atom stereocenters. The van der Waals surface area contributed by atoms with Gasteiger partial charge in [0.05, 0.1) is 16.4 Å². The topological polar surface area (TPSA) is 38.0 Å². The molecule has 3 N–H and O–H groups in total. The second-order valence-electron chi connectivity index (χ2n) is 3.81. The van der Waals surface area contributed by atoms with Crippen LogP contribution in [0.3, 0.4) is 0 Å². The van der Waals surface area contributed by atoms with E-state index in [9.17, 15) is 4.39 Å². The fourth-order valence-corrected chi connectivity index (χ4v) is 1.96. The molecular formula is C13H11BrClFN2. The third-order valence-corrected chi connectivity index (χ3v) is 3.33. The highest BCUT2D eigenvalue weighted by atomic mass is 79.9. The number of benzene rings is 2. The van der Waals surface area contributed by atoms with Crippen molar-refractivity contribution in [1.82, 2.24) is 0 Å². The molecule has 0 amide bonds. The van der Waals surface area contributed by atoms with Crippen LogP contribution in [0, 0.1) is 5.82 Å². The molecule has 0 fully saturated rings. The van der Waals surface area contributed by atoms with Crippen LogP contribution in [-0.2, 0) is 6.54 Å². The first kappa shape index (κ1) is 13.2. The minimum Gasteiger partial charge on any atom is -0.397 e. The van der Waals surface area contributed by atoms with Crippen LogP contribution >= 0.6 is 27.5 Å². The maximum Gasteiger partial charge on any atom is 0.166 e. The van der Waals surface area contributed by atoms with Gasteiger partial charge in [0.2, 0.25) is 0 Å². The molecule has 0 heterocycles. The maximum atomic E-state index is 13.7. The zero-order chi connectivity index (χ0) is 13.1. The minimum absolute atomic E-state index is 0.0579. The van der Waals surface area contributed by atoms with Gasteiger partial charge in [0, 0.05) is 11.0 Å². The van der Waals surface area contributed by atoms with Gasteiger partial charge in [-0.1, -0.05) is 39.7 Å². The Morgan fingerprint density at radius 2 is 1.83 bits per heavy atom. The summed E-state index contributed by atoms with van der Waals surface area (Å²) >= 11 is 9.07. The molecular weight excluding hydrogens is 319 g/mol. The summed E-state index contributed by atoms with van der Waals surface area (Å²) < 4.78 is 14.7. The molecule has 0 saturated heterocycles. The van der Waals surface area contributed by atoms with Gasteiger partial charge >= 0.3 is 0 Å². The van der Waals surface area contributed by atoms with E-state index in [1.54, 1.807) is 6.07 Å². The van der Waals surface area contributed by atoms with Crippen molar-refractivity contribution in [1.29, 1.82) is 0 Å². The molecule has 2 aromatic rings. The van der Waals surface area contributed by atoms with Crippen molar-refractivity contribution in [2.45, 2.75) is 6.54 Å². The lowest BCUT2D eigenvalue weighted by molar-refractivity contribution is 0.631. The summed E-state index contributed by atoms with van der Waals surface area (Å²) in [7, 11) is 0. The number of anilines is 2. The van der Waals surface area contributed by atoms with Gasteiger partial charge in [0.1, 0.15) is 0 Å². The van der Waals surface area contributed by atoms with E-state index >= 15 is 0 Å². The second kappa shape index (κ2) is 5.59. The van der Waals surface area contributed by atoms with Crippen LogP contribution in [0.4, 0.5) is 15.8 Å². The predicted octanol–water partition coefficient (Wildman–Crippen LogP) is 4.44. The van der Waals surface area contributed by atoms with Crippen molar-refractivity contribution in [3.63, 3.8) is 0 Å². The highest BCUT2D eigenvalue weighted by Gasteiger charge is 2.09. The van der Waals surface area contributed by atoms with Crippen LogP contribution in [0.5, 0.6) is 0 Å². The van der Waals surface area contributed by atoms with E-state index in [0.29, 0.717) is 12.2 Å². The molecule has 2 rings (SSSR count). The van der Waals surface area contributed by atoms with Gasteiger partial charge < -0.3 is 11.1 Å². The Kier molecular flexibility index (Phi) is 4.09. The largest absolute Gasteiger partial charge is 0.397 e. The van der Waals surface area contributed by atoms with Crippen LogP contribution in [0.25, 0.3) is 0 Å². The lowest BCUT2D eigenvalue weighted by Gasteiger charge is -2.11. The van der Waals surface area contributed by atoms with Gasteiger partial charge in [0.25, 0.3) is 0 Å². The Balaban J connectivity index is 2.15. The third kappa shape index (κ3) is 2.94. The first-order valence-electron chi connectivity index (χ1n) is 5.29. The highest BCUT2D eigenvalue weighted by molar-refractivity contribution is 9.10. The van der Waals surface area contributed by atoms with Crippen LogP contribution in [-0.4, -0.2) is 0 Å². The standard InChI is InChI=1S/C13H11BrClFN2/c14-9-3-1-8(2-4-9)7-18-13-11(17)6-5-10(15)12(13)16/h1-6,18H,7,17H2. The summed E-state index contributed by atoms with van der Waals surface area (Å²) in [5.74, 6) is -0.520. The smallest absolute Gasteiger partial charge is 0.166 e. The zero-order valence-corrected chi connectivity index (χ0v) is 11.7. The van der Waals surface area contributed by atoms with E-state index in [2.05, 4.69) is 21.2 Å². The normalized spacial score (nSPS) is 10.4. The van der Waals surface area contributed by atoms with E-state index in [0.717, 1.165) is 10.0 Å². The summed E-state index contributed by atoms with van der Waals surface area (Å²) in [4.78, 5) is 0. The molecule has 18 heavy (non-hydrogen) atoms. The molecule has 0 aliphatic carbocycles. The molecule has 2 aromatic carbocycles. The van der Waals surface area contributed by atoms with Crippen LogP contribution in [0.1, 0.15) is 5.56 Å². The minimum atomic E-state index is -0.520. The van der Waals surface area contributed by atoms with Crippen molar-refractivity contribution >= 4 is 38.9 Å². The fourth-order valence-electron chi connectivity index (χ4n) is 1.54. The summed E-state index contributed by atoms with van der Waals surface area (Å²) in [5, 5.41) is 3.02. The fraction of sp³-hybridized carbons (Fsp3) is 0.0769. The molecule has 0 aliphatic rings. The molecule has 0 spiro atoms. The van der Waals surface area contributed by atoms with E-state index < -0.39 is 5.82 Å². The van der Waals surface area contributed by atoms with Crippen LogP contribution < -0.4 is 11.1 Å². The zero-order valence-electron chi connectivity index (χ0n) is 9.38. The maximum absolute atomic E-state index is 13.7. The number of halogens is 3. The predicted molar refractivity (Wildman–Crippen MR) is 77.3 cm³/mol. The van der Waals surface area contributed by atoms with Crippen LogP contribution in [0.2, 0.25) is 5.02 Å². The van der Waals surface area contributed by atoms with Gasteiger partial charge in [-0.05, 0) is 29.8 Å². The molecule has 0 aliphatic heterocycles. The Bertz CT molecular complexity index is 558. The summed E-state index contributed by atoms with van der Waals surface area (Å²) in [6.07, 6.45) is 0. The molecule has 0 radical (unpaired) electrons. The molecule has 94 valence electrons. The van der Waals surface area contributed by atoms with Crippen molar-refractivity contribution in [3.8, 4) is 0 Å². The number of hydrogen-bond donors (Lipinski definition) is 2. The third-order valence-electron chi connectivity index (χ3n) is 2.51. The van der Waals surface area contributed by atoms with E-state index in [1.807, 2.05) is 24.3 Å². The average molecular weight is 330 g/mol. The van der Waals surface area contributed by atoms with Crippen molar-refractivity contribution in [2.75, 3.05) is 11.1 Å². The van der Waals surface area contributed by atoms with Crippen molar-refractivity contribution in [2.24, 2.45) is 0 Å². The summed E-state index contributed by atoms with van der Waals surface area (Å²) in [6, 6.07) is 10.8. The summed E-state index contributed by atoms with van der Waals surface area (Å²) in [6.45, 7) is 0.481. The van der Waals surface area contributed by atoms with Gasteiger partial charge in [-0.15, -0.1) is 0 Å². The van der Waals surface area contributed by atoms with E-state index in [1.165, 1.54) is 6.07 Å². The highest BCUT2D eigenvalue weighted by Crippen LogP contribution is 2.28. The SMILES string of the molecule is Nc1ccc(Cl)c(F)c1NCc1ccc(Br)cc1. The lowest BCUT2D eigenvalue weighted by atomic mass is 10.2. The van der Waals surface area contributed by atoms with Crippen LogP contribution in [0.15, 0.2) is 40.9 Å². The first-order chi connectivity index (χ1) is 8.58. The van der Waals surface area contributed by atoms with Crippen molar-refractivity contribution < 1.29 is 4.39 Å². The molecule has 0 aromatic heterocycles. The number of nitrogens with two attached hydrogens (primary N) is 1. The monoisotopic (exact) mass is 328 g/mol. The van der Waals surface area contributed by atoms with Gasteiger partial charge in [-0.3, -0.25) is 0 Å². The average Bonchev–Trinajstić information content (AvgIpc) is 2.36. The van der Waals surface area contributed by atoms with Gasteiger partial charge in [-0.25, -0.2) is 4.39 Å². The van der Waals surface area contributed by atoms with Gasteiger partial charge in [-0.2, -0.15) is 0 Å². The Morgan fingerprint density at radius 3 is 2.50 bits per heavy atom. The first-order valence-corrected chi connectivity index (χ1v) is 6.47. The van der Waals surface area contributed by atoms with Crippen molar-refractivity contribution in [3.05, 3.63) is 57.3 Å². The Hall–Kier alpha value is -1.26. The molecule has 5 heteroatoms.